The molecule has 1 unspecified atom stereocenters. The first-order valence-corrected chi connectivity index (χ1v) is 11.2. The topological polar surface area (TPSA) is 64.4 Å². The zero-order valence-corrected chi connectivity index (χ0v) is 17.8. The number of benzene rings is 2. The molecule has 1 heterocycles. The van der Waals surface area contributed by atoms with Crippen LogP contribution >= 0.6 is 35.2 Å². The van der Waals surface area contributed by atoms with Gasteiger partial charge in [0.15, 0.2) is 5.56 Å². The molecule has 0 N–H and O–H groups in total. The summed E-state index contributed by atoms with van der Waals surface area (Å²) in [5.41, 5.74) is 1.17. The predicted molar refractivity (Wildman–Crippen MR) is 111 cm³/mol. The first-order valence-electron chi connectivity index (χ1n) is 8.53. The third kappa shape index (κ3) is 5.37. The van der Waals surface area contributed by atoms with Gasteiger partial charge in [-0.25, -0.2) is 22.2 Å². The number of alkyl halides is 1. The van der Waals surface area contributed by atoms with Crippen molar-refractivity contribution in [3.63, 3.8) is 0 Å². The Labute approximate surface area is 178 Å². The van der Waals surface area contributed by atoms with Crippen LogP contribution in [0.5, 0.6) is 0 Å². The standard InChI is InChI=1S/C18H18Cl3N3O3S/c19-17(27-24(20)21)11-6-12-18-22-15-9-4-5-10-16(15)23(18)28(25,26)13-14-7-2-1-3-8-14/h1-5,7-10,17H,6,11-13H2. The van der Waals surface area contributed by atoms with E-state index < -0.39 is 15.6 Å². The van der Waals surface area contributed by atoms with E-state index in [2.05, 4.69) is 4.98 Å². The van der Waals surface area contributed by atoms with Gasteiger partial charge in [-0.05, 0) is 34.6 Å². The Morgan fingerprint density at radius 3 is 2.46 bits per heavy atom. The Bertz CT molecular complexity index is 1030. The number of hydrogen-bond acceptors (Lipinski definition) is 5. The third-order valence-corrected chi connectivity index (χ3v) is 6.20. The fourth-order valence-electron chi connectivity index (χ4n) is 2.93. The highest BCUT2D eigenvalue weighted by molar-refractivity contribution is 7.89. The van der Waals surface area contributed by atoms with E-state index in [9.17, 15) is 8.42 Å². The molecule has 0 aliphatic rings. The SMILES string of the molecule is O=S(=O)(Cc1ccccc1)n1c(CCCC(Cl)ON(Cl)Cl)nc2ccccc21. The monoisotopic (exact) mass is 461 g/mol. The number of rotatable bonds is 9. The van der Waals surface area contributed by atoms with Crippen molar-refractivity contribution >= 4 is 56.2 Å². The molecule has 0 saturated heterocycles. The number of aromatic nitrogens is 2. The Morgan fingerprint density at radius 1 is 1.07 bits per heavy atom. The van der Waals surface area contributed by atoms with Crippen LogP contribution in [0.3, 0.4) is 0 Å². The summed E-state index contributed by atoms with van der Waals surface area (Å²) >= 11 is 16.7. The quantitative estimate of drug-likeness (QED) is 0.258. The number of hydrogen-bond donors (Lipinski definition) is 0. The van der Waals surface area contributed by atoms with Crippen molar-refractivity contribution < 1.29 is 13.3 Å². The Morgan fingerprint density at radius 2 is 1.75 bits per heavy atom. The summed E-state index contributed by atoms with van der Waals surface area (Å²) in [6.07, 6.45) is 1.36. The number of halogens is 3. The molecule has 2 aromatic carbocycles. The van der Waals surface area contributed by atoms with Gasteiger partial charge in [0.1, 0.15) is 5.82 Å². The van der Waals surface area contributed by atoms with Crippen LogP contribution in [0.2, 0.25) is 0 Å². The molecule has 3 rings (SSSR count). The number of para-hydroxylation sites is 2. The maximum Gasteiger partial charge on any atom is 0.244 e. The van der Waals surface area contributed by atoms with E-state index in [1.807, 2.05) is 24.3 Å². The first kappa shape index (κ1) is 21.4. The van der Waals surface area contributed by atoms with Gasteiger partial charge in [-0.2, -0.15) is 0 Å². The van der Waals surface area contributed by atoms with Crippen LogP contribution in [0.4, 0.5) is 0 Å². The maximum atomic E-state index is 13.2. The highest BCUT2D eigenvalue weighted by atomic mass is 35.5. The molecule has 10 heteroatoms. The van der Waals surface area contributed by atoms with E-state index in [0.29, 0.717) is 45.8 Å². The average molecular weight is 463 g/mol. The molecule has 6 nitrogen and oxygen atoms in total. The van der Waals surface area contributed by atoms with Crippen LogP contribution in [0, 0.1) is 0 Å². The zero-order valence-electron chi connectivity index (χ0n) is 14.7. The summed E-state index contributed by atoms with van der Waals surface area (Å²) in [4.78, 5) is 9.42. The van der Waals surface area contributed by atoms with E-state index in [1.165, 1.54) is 3.97 Å². The molecule has 28 heavy (non-hydrogen) atoms. The zero-order chi connectivity index (χ0) is 20.1. The molecule has 0 aliphatic carbocycles. The average Bonchev–Trinajstić information content (AvgIpc) is 3.00. The lowest BCUT2D eigenvalue weighted by molar-refractivity contribution is -0.0375. The number of nitrogens with zero attached hydrogens (tertiary/aromatic N) is 3. The summed E-state index contributed by atoms with van der Waals surface area (Å²) in [6.45, 7) is 0. The molecular formula is C18H18Cl3N3O3S. The highest BCUT2D eigenvalue weighted by Crippen LogP contribution is 2.23. The van der Waals surface area contributed by atoms with Crippen LogP contribution in [0.15, 0.2) is 54.6 Å². The lowest BCUT2D eigenvalue weighted by atomic mass is 10.2. The van der Waals surface area contributed by atoms with Crippen LogP contribution < -0.4 is 0 Å². The fourth-order valence-corrected chi connectivity index (χ4v) is 5.09. The van der Waals surface area contributed by atoms with Crippen LogP contribution in [-0.4, -0.2) is 27.0 Å². The van der Waals surface area contributed by atoms with Crippen molar-refractivity contribution in [2.24, 2.45) is 0 Å². The van der Waals surface area contributed by atoms with Crippen LogP contribution in [0.25, 0.3) is 11.0 Å². The fraction of sp³-hybridized carbons (Fsp3) is 0.278. The molecule has 0 amide bonds. The van der Waals surface area contributed by atoms with Crippen molar-refractivity contribution in [1.29, 1.82) is 0 Å². The smallest absolute Gasteiger partial charge is 0.244 e. The summed E-state index contributed by atoms with van der Waals surface area (Å²) in [7, 11) is -3.66. The van der Waals surface area contributed by atoms with E-state index in [4.69, 9.17) is 40.0 Å². The molecule has 0 radical (unpaired) electrons. The molecule has 0 aliphatic heterocycles. The molecule has 150 valence electrons. The van der Waals surface area contributed by atoms with E-state index >= 15 is 0 Å². The molecule has 0 bridgehead atoms. The molecular weight excluding hydrogens is 445 g/mol. The van der Waals surface area contributed by atoms with Crippen molar-refractivity contribution in [3.05, 3.63) is 66.0 Å². The second kappa shape index (κ2) is 9.43. The predicted octanol–water partition coefficient (Wildman–Crippen LogP) is 4.84. The summed E-state index contributed by atoms with van der Waals surface area (Å²) in [5.74, 6) is 0.338. The van der Waals surface area contributed by atoms with Crippen LogP contribution in [-0.2, 0) is 27.0 Å². The van der Waals surface area contributed by atoms with Crippen molar-refractivity contribution in [3.8, 4) is 0 Å². The number of aryl methyl sites for hydroxylation is 1. The van der Waals surface area contributed by atoms with Gasteiger partial charge in [0.25, 0.3) is 0 Å². The van der Waals surface area contributed by atoms with E-state index in [-0.39, 0.29) is 5.75 Å². The maximum absolute atomic E-state index is 13.2. The van der Waals surface area contributed by atoms with Gasteiger partial charge in [0.2, 0.25) is 10.0 Å². The van der Waals surface area contributed by atoms with E-state index in [1.54, 1.807) is 30.3 Å². The highest BCUT2D eigenvalue weighted by Gasteiger charge is 2.22. The molecule has 0 saturated carbocycles. The lowest BCUT2D eigenvalue weighted by Crippen LogP contribution is -2.18. The van der Waals surface area contributed by atoms with Gasteiger partial charge < -0.3 is 0 Å². The normalized spacial score (nSPS) is 13.3. The molecule has 0 spiro atoms. The minimum Gasteiger partial charge on any atom is -0.249 e. The van der Waals surface area contributed by atoms with Gasteiger partial charge in [0.05, 0.1) is 16.8 Å². The second-order valence-electron chi connectivity index (χ2n) is 6.13. The van der Waals surface area contributed by atoms with Crippen molar-refractivity contribution in [1.82, 2.24) is 13.1 Å². The minimum absolute atomic E-state index is 0.115. The van der Waals surface area contributed by atoms with Gasteiger partial charge in [-0.1, -0.05) is 54.1 Å². The van der Waals surface area contributed by atoms with Crippen molar-refractivity contribution in [2.45, 2.75) is 30.6 Å². The molecule has 3 aromatic rings. The first-order chi connectivity index (χ1) is 13.4. The van der Waals surface area contributed by atoms with E-state index in [0.717, 1.165) is 0 Å². The lowest BCUT2D eigenvalue weighted by Gasteiger charge is -2.13. The molecule has 0 fully saturated rings. The third-order valence-electron chi connectivity index (χ3n) is 4.08. The minimum atomic E-state index is -3.66. The number of fused-ring (bicyclic) bond motifs is 1. The summed E-state index contributed by atoms with van der Waals surface area (Å²) in [6, 6.07) is 16.2. The summed E-state index contributed by atoms with van der Waals surface area (Å²) in [5, 5.41) is 0. The Kier molecular flexibility index (Phi) is 7.20. The van der Waals surface area contributed by atoms with Crippen molar-refractivity contribution in [2.75, 3.05) is 0 Å². The van der Waals surface area contributed by atoms with Gasteiger partial charge in [-0.3, -0.25) is 0 Å². The van der Waals surface area contributed by atoms with Gasteiger partial charge in [0, 0.05) is 30.0 Å². The second-order valence-corrected chi connectivity index (χ2v) is 9.22. The number of imidazole rings is 1. The molecule has 1 atom stereocenters. The summed E-state index contributed by atoms with van der Waals surface area (Å²) < 4.78 is 28.2. The molecule has 1 aromatic heterocycles. The largest absolute Gasteiger partial charge is 0.249 e. The van der Waals surface area contributed by atoms with Gasteiger partial charge in [-0.15, -0.1) is 0 Å². The van der Waals surface area contributed by atoms with Crippen LogP contribution in [0.1, 0.15) is 24.2 Å². The Balaban J connectivity index is 1.87. The van der Waals surface area contributed by atoms with Gasteiger partial charge >= 0.3 is 0 Å². The Hall–Kier alpha value is -1.35.